The average Bonchev–Trinajstić information content (AvgIpc) is 3.47. The average molecular weight is 473 g/mol. The van der Waals surface area contributed by atoms with Crippen molar-refractivity contribution >= 4 is 11.6 Å². The van der Waals surface area contributed by atoms with Gasteiger partial charge >= 0.3 is 0 Å². The van der Waals surface area contributed by atoms with Crippen molar-refractivity contribution < 1.29 is 14.4 Å². The van der Waals surface area contributed by atoms with Crippen LogP contribution in [0.4, 0.5) is 5.69 Å². The van der Waals surface area contributed by atoms with Crippen molar-refractivity contribution in [3.05, 3.63) is 87.2 Å². The van der Waals surface area contributed by atoms with Crippen LogP contribution >= 0.6 is 0 Å². The van der Waals surface area contributed by atoms with E-state index in [0.717, 1.165) is 17.0 Å². The second-order valence-electron chi connectivity index (χ2n) is 8.20. The van der Waals surface area contributed by atoms with Gasteiger partial charge in [-0.2, -0.15) is 10.4 Å². The summed E-state index contributed by atoms with van der Waals surface area (Å²) in [5.41, 5.74) is 1.83. The second kappa shape index (κ2) is 9.26. The van der Waals surface area contributed by atoms with Gasteiger partial charge in [-0.1, -0.05) is 30.3 Å². The first-order valence-electron chi connectivity index (χ1n) is 10.7. The normalized spacial score (nSPS) is 12.7. The lowest BCUT2D eigenvalue weighted by molar-refractivity contribution is 0.101. The molecule has 3 aromatic heterocycles. The highest BCUT2D eigenvalue weighted by atomic mass is 16.5. The molecule has 0 aliphatic rings. The fraction of sp³-hybridized carbons (Fsp3) is 0.250. The lowest BCUT2D eigenvalue weighted by Gasteiger charge is -2.27. The highest BCUT2D eigenvalue weighted by Gasteiger charge is 2.32. The monoisotopic (exact) mass is 473 g/mol. The Morgan fingerprint density at radius 3 is 2.66 bits per heavy atom. The molecule has 1 amide bonds. The van der Waals surface area contributed by atoms with E-state index in [0.29, 0.717) is 5.56 Å². The van der Waals surface area contributed by atoms with Gasteiger partial charge in [0.2, 0.25) is 5.75 Å². The minimum atomic E-state index is -0.790. The molecule has 2 N–H and O–H groups in total. The molecule has 3 heterocycles. The van der Waals surface area contributed by atoms with Crippen LogP contribution in [0.5, 0.6) is 5.75 Å². The van der Waals surface area contributed by atoms with Gasteiger partial charge in [-0.25, -0.2) is 4.98 Å². The zero-order chi connectivity index (χ0) is 25.3. The summed E-state index contributed by atoms with van der Waals surface area (Å²) in [6.45, 7) is 3.71. The van der Waals surface area contributed by atoms with Crippen LogP contribution in [0, 0.1) is 18.3 Å². The smallest absolute Gasteiger partial charge is 0.296 e. The standard InChI is InChI=1S/C24H23N7O4/c1-13-9-18(31(4)29-13)19(17-8-6-5-7-15(17)10-25)14(2)22-28-20(21(32)24(34)30(22)3)23(33)27-16-11-26-35-12-16/h5-9,11-12,14,19,32H,1-4H3,(H,27,33)/t14-,19+/m0/s1. The Morgan fingerprint density at radius 2 is 2.03 bits per heavy atom. The summed E-state index contributed by atoms with van der Waals surface area (Å²) in [5, 5.41) is 30.7. The van der Waals surface area contributed by atoms with E-state index in [2.05, 4.69) is 26.6 Å². The van der Waals surface area contributed by atoms with E-state index in [1.165, 1.54) is 24.1 Å². The summed E-state index contributed by atoms with van der Waals surface area (Å²) < 4.78 is 7.64. The van der Waals surface area contributed by atoms with E-state index >= 15 is 0 Å². The molecule has 0 unspecified atom stereocenters. The van der Waals surface area contributed by atoms with Crippen molar-refractivity contribution in [2.75, 3.05) is 5.32 Å². The zero-order valence-electron chi connectivity index (χ0n) is 19.6. The molecule has 0 radical (unpaired) electrons. The van der Waals surface area contributed by atoms with Crippen molar-refractivity contribution in [3.63, 3.8) is 0 Å². The summed E-state index contributed by atoms with van der Waals surface area (Å²) in [5.74, 6) is -2.25. The summed E-state index contributed by atoms with van der Waals surface area (Å²) in [4.78, 5) is 30.1. The predicted octanol–water partition coefficient (Wildman–Crippen LogP) is 2.58. The molecule has 2 atom stereocenters. The van der Waals surface area contributed by atoms with Crippen LogP contribution in [0.25, 0.3) is 0 Å². The molecule has 0 spiro atoms. The van der Waals surface area contributed by atoms with Gasteiger partial charge in [-0.3, -0.25) is 18.8 Å². The third-order valence-electron chi connectivity index (χ3n) is 5.89. The SMILES string of the molecule is Cc1cc([C@@H](c2ccccc2C#N)[C@H](C)c2nc(C(=O)Nc3cnoc3)c(O)c(=O)n2C)n(C)n1. The van der Waals surface area contributed by atoms with Gasteiger partial charge in [-0.15, -0.1) is 0 Å². The maximum atomic E-state index is 12.9. The van der Waals surface area contributed by atoms with E-state index in [9.17, 15) is 20.0 Å². The highest BCUT2D eigenvalue weighted by Crippen LogP contribution is 2.39. The molecule has 0 saturated heterocycles. The summed E-state index contributed by atoms with van der Waals surface area (Å²) in [6, 6.07) is 11.3. The number of hydrogen-bond donors (Lipinski definition) is 2. The number of nitriles is 1. The quantitative estimate of drug-likeness (QED) is 0.433. The Labute approximate surface area is 200 Å². The maximum absolute atomic E-state index is 12.9. The van der Waals surface area contributed by atoms with Crippen molar-refractivity contribution in [1.29, 1.82) is 5.26 Å². The molecule has 4 rings (SSSR count). The van der Waals surface area contributed by atoms with Crippen LogP contribution in [0.15, 0.2) is 52.1 Å². The number of aromatic nitrogens is 5. The maximum Gasteiger partial charge on any atom is 0.296 e. The molecule has 178 valence electrons. The molecule has 0 aliphatic carbocycles. The number of hydrogen-bond acceptors (Lipinski definition) is 8. The van der Waals surface area contributed by atoms with Crippen LogP contribution in [-0.4, -0.2) is 35.5 Å². The van der Waals surface area contributed by atoms with E-state index in [4.69, 9.17) is 4.52 Å². The minimum Gasteiger partial charge on any atom is -0.501 e. The van der Waals surface area contributed by atoms with Gasteiger partial charge in [0.15, 0.2) is 5.69 Å². The number of carbonyl (C=O) groups is 1. The highest BCUT2D eigenvalue weighted by molar-refractivity contribution is 6.04. The number of carbonyl (C=O) groups excluding carboxylic acids is 1. The van der Waals surface area contributed by atoms with Gasteiger partial charge in [0.25, 0.3) is 11.5 Å². The number of amides is 1. The first-order valence-corrected chi connectivity index (χ1v) is 10.7. The molecular formula is C24H23N7O4. The molecule has 11 heteroatoms. The van der Waals surface area contributed by atoms with E-state index in [1.807, 2.05) is 32.0 Å². The lowest BCUT2D eigenvalue weighted by Crippen LogP contribution is -2.30. The molecule has 35 heavy (non-hydrogen) atoms. The van der Waals surface area contributed by atoms with Gasteiger partial charge in [0.05, 0.1) is 23.5 Å². The van der Waals surface area contributed by atoms with Crippen molar-refractivity contribution in [2.45, 2.75) is 25.7 Å². The molecule has 0 bridgehead atoms. The fourth-order valence-electron chi connectivity index (χ4n) is 4.25. The Bertz CT molecular complexity index is 1500. The third-order valence-corrected chi connectivity index (χ3v) is 5.89. The number of benzene rings is 1. The van der Waals surface area contributed by atoms with E-state index in [-0.39, 0.29) is 11.5 Å². The van der Waals surface area contributed by atoms with Gasteiger partial charge in [0, 0.05) is 31.6 Å². The molecule has 0 saturated carbocycles. The number of anilines is 1. The zero-order valence-corrected chi connectivity index (χ0v) is 19.6. The fourth-order valence-corrected chi connectivity index (χ4v) is 4.25. The molecule has 11 nitrogen and oxygen atoms in total. The molecule has 4 aromatic rings. The van der Waals surface area contributed by atoms with Crippen LogP contribution in [0.2, 0.25) is 0 Å². The summed E-state index contributed by atoms with van der Waals surface area (Å²) >= 11 is 0. The van der Waals surface area contributed by atoms with E-state index < -0.39 is 34.7 Å². The van der Waals surface area contributed by atoms with Crippen LogP contribution in [0.3, 0.4) is 0 Å². The molecular weight excluding hydrogens is 450 g/mol. The topological polar surface area (TPSA) is 152 Å². The number of aryl methyl sites for hydroxylation is 2. The Morgan fingerprint density at radius 1 is 1.29 bits per heavy atom. The number of nitrogens with zero attached hydrogens (tertiary/aromatic N) is 6. The first-order chi connectivity index (χ1) is 16.7. The Balaban J connectivity index is 1.88. The number of nitrogens with one attached hydrogen (secondary N) is 1. The van der Waals surface area contributed by atoms with Crippen molar-refractivity contribution in [2.24, 2.45) is 14.1 Å². The van der Waals surface area contributed by atoms with Crippen LogP contribution < -0.4 is 10.9 Å². The molecule has 0 fully saturated rings. The Kier molecular flexibility index (Phi) is 6.20. The van der Waals surface area contributed by atoms with Crippen LogP contribution in [-0.2, 0) is 14.1 Å². The number of aromatic hydroxyl groups is 1. The third kappa shape index (κ3) is 4.29. The molecule has 0 aliphatic heterocycles. The number of rotatable bonds is 6. The Hall–Kier alpha value is -4.72. The van der Waals surface area contributed by atoms with Crippen LogP contribution in [0.1, 0.15) is 57.6 Å². The molecule has 1 aromatic carbocycles. The largest absolute Gasteiger partial charge is 0.501 e. The van der Waals surface area contributed by atoms with Crippen molar-refractivity contribution in [3.8, 4) is 11.8 Å². The van der Waals surface area contributed by atoms with Gasteiger partial charge in [-0.05, 0) is 24.6 Å². The summed E-state index contributed by atoms with van der Waals surface area (Å²) in [6.07, 6.45) is 2.48. The first kappa shape index (κ1) is 23.4. The minimum absolute atomic E-state index is 0.248. The summed E-state index contributed by atoms with van der Waals surface area (Å²) in [7, 11) is 3.28. The van der Waals surface area contributed by atoms with Gasteiger partial charge < -0.3 is 14.9 Å². The van der Waals surface area contributed by atoms with Gasteiger partial charge in [0.1, 0.15) is 17.8 Å². The predicted molar refractivity (Wildman–Crippen MR) is 125 cm³/mol. The van der Waals surface area contributed by atoms with E-state index in [1.54, 1.807) is 23.9 Å². The van der Waals surface area contributed by atoms with Crippen molar-refractivity contribution in [1.82, 2.24) is 24.5 Å². The lowest BCUT2D eigenvalue weighted by atomic mass is 9.81. The second-order valence-corrected chi connectivity index (χ2v) is 8.20.